The second-order valence-corrected chi connectivity index (χ2v) is 5.34. The Kier molecular flexibility index (Phi) is 6.57. The van der Waals surface area contributed by atoms with E-state index in [1.807, 2.05) is 24.3 Å². The molecule has 0 aliphatic rings. The Morgan fingerprint density at radius 1 is 1.21 bits per heavy atom. The number of hydrogen-bond acceptors (Lipinski definition) is 3. The molecule has 3 heteroatoms. The standard InChI is InChI=1S/C16H26N2O/c1-13(2)18(4)12-6-5-11-17-16-9-7-15(8-10-16)14(3)19/h7-10,13,17H,5-6,11-12H2,1-4H3. The van der Waals surface area contributed by atoms with E-state index in [-0.39, 0.29) is 5.78 Å². The molecule has 1 aromatic rings. The Bertz CT molecular complexity index is 384. The first-order valence-corrected chi connectivity index (χ1v) is 7.06. The normalized spacial score (nSPS) is 11.1. The molecule has 0 aromatic heterocycles. The van der Waals surface area contributed by atoms with Crippen LogP contribution in [0.4, 0.5) is 5.69 Å². The molecule has 0 heterocycles. The molecule has 1 rings (SSSR count). The number of anilines is 1. The maximum atomic E-state index is 11.1. The predicted octanol–water partition coefficient (Wildman–Crippen LogP) is 3.42. The van der Waals surface area contributed by atoms with E-state index in [0.717, 1.165) is 30.8 Å². The van der Waals surface area contributed by atoms with Crippen LogP contribution in [0.1, 0.15) is 44.0 Å². The maximum Gasteiger partial charge on any atom is 0.159 e. The Hall–Kier alpha value is -1.35. The zero-order valence-corrected chi connectivity index (χ0v) is 12.6. The van der Waals surface area contributed by atoms with Crippen LogP contribution < -0.4 is 5.32 Å². The van der Waals surface area contributed by atoms with Gasteiger partial charge >= 0.3 is 0 Å². The molecular formula is C16H26N2O. The fraction of sp³-hybridized carbons (Fsp3) is 0.562. The van der Waals surface area contributed by atoms with Crippen LogP contribution in [-0.4, -0.2) is 36.9 Å². The van der Waals surface area contributed by atoms with E-state index in [1.54, 1.807) is 6.92 Å². The average molecular weight is 262 g/mol. The van der Waals surface area contributed by atoms with Crippen molar-refractivity contribution in [1.29, 1.82) is 0 Å². The topological polar surface area (TPSA) is 32.3 Å². The van der Waals surface area contributed by atoms with Gasteiger partial charge in [0, 0.05) is 23.8 Å². The number of carbonyl (C=O) groups excluding carboxylic acids is 1. The molecule has 1 N–H and O–H groups in total. The van der Waals surface area contributed by atoms with Crippen LogP contribution in [0.15, 0.2) is 24.3 Å². The van der Waals surface area contributed by atoms with Crippen molar-refractivity contribution < 1.29 is 4.79 Å². The highest BCUT2D eigenvalue weighted by Crippen LogP contribution is 2.10. The van der Waals surface area contributed by atoms with Gasteiger partial charge in [-0.15, -0.1) is 0 Å². The molecule has 19 heavy (non-hydrogen) atoms. The van der Waals surface area contributed by atoms with Gasteiger partial charge in [0.05, 0.1) is 0 Å². The summed E-state index contributed by atoms with van der Waals surface area (Å²) in [6.45, 7) is 8.14. The smallest absolute Gasteiger partial charge is 0.159 e. The summed E-state index contributed by atoms with van der Waals surface area (Å²) in [5.74, 6) is 0.114. The molecule has 0 amide bonds. The molecule has 1 aromatic carbocycles. The summed E-state index contributed by atoms with van der Waals surface area (Å²) in [6, 6.07) is 8.30. The van der Waals surface area contributed by atoms with Crippen molar-refractivity contribution in [3.63, 3.8) is 0 Å². The third-order valence-electron chi connectivity index (χ3n) is 3.44. The largest absolute Gasteiger partial charge is 0.385 e. The number of unbranched alkanes of at least 4 members (excludes halogenated alkanes) is 1. The molecule has 0 bridgehead atoms. The number of rotatable bonds is 8. The summed E-state index contributed by atoms with van der Waals surface area (Å²) >= 11 is 0. The fourth-order valence-electron chi connectivity index (χ4n) is 1.80. The molecule has 0 aliphatic heterocycles. The van der Waals surface area contributed by atoms with Gasteiger partial charge in [-0.1, -0.05) is 0 Å². The number of nitrogens with zero attached hydrogens (tertiary/aromatic N) is 1. The van der Waals surface area contributed by atoms with Crippen LogP contribution in [0.2, 0.25) is 0 Å². The van der Waals surface area contributed by atoms with Crippen molar-refractivity contribution in [3.05, 3.63) is 29.8 Å². The zero-order valence-electron chi connectivity index (χ0n) is 12.6. The molecule has 0 spiro atoms. The predicted molar refractivity (Wildman–Crippen MR) is 81.9 cm³/mol. The first-order valence-electron chi connectivity index (χ1n) is 7.06. The Morgan fingerprint density at radius 3 is 2.37 bits per heavy atom. The summed E-state index contributed by atoms with van der Waals surface area (Å²) in [6.07, 6.45) is 2.36. The van der Waals surface area contributed by atoms with Gasteiger partial charge in [-0.25, -0.2) is 0 Å². The van der Waals surface area contributed by atoms with Gasteiger partial charge in [-0.3, -0.25) is 4.79 Å². The summed E-state index contributed by atoms with van der Waals surface area (Å²) in [7, 11) is 2.17. The van der Waals surface area contributed by atoms with Gasteiger partial charge in [0.2, 0.25) is 0 Å². The molecule has 0 saturated heterocycles. The summed E-state index contributed by atoms with van der Waals surface area (Å²) < 4.78 is 0. The summed E-state index contributed by atoms with van der Waals surface area (Å²) in [5, 5.41) is 3.38. The van der Waals surface area contributed by atoms with E-state index >= 15 is 0 Å². The van der Waals surface area contributed by atoms with Gasteiger partial charge in [-0.2, -0.15) is 0 Å². The first kappa shape index (κ1) is 15.7. The molecule has 0 atom stereocenters. The van der Waals surface area contributed by atoms with Gasteiger partial charge in [-0.05, 0) is 71.5 Å². The van der Waals surface area contributed by atoms with E-state index in [4.69, 9.17) is 0 Å². The Balaban J connectivity index is 2.21. The van der Waals surface area contributed by atoms with Gasteiger partial charge < -0.3 is 10.2 Å². The van der Waals surface area contributed by atoms with E-state index in [1.165, 1.54) is 6.42 Å². The Labute approximate surface area is 117 Å². The number of hydrogen-bond donors (Lipinski definition) is 1. The lowest BCUT2D eigenvalue weighted by Crippen LogP contribution is -2.27. The highest BCUT2D eigenvalue weighted by atomic mass is 16.1. The number of benzene rings is 1. The molecule has 0 radical (unpaired) electrons. The van der Waals surface area contributed by atoms with Gasteiger partial charge in [0.15, 0.2) is 5.78 Å². The van der Waals surface area contributed by atoms with Crippen LogP contribution >= 0.6 is 0 Å². The van der Waals surface area contributed by atoms with Crippen LogP contribution in [0.5, 0.6) is 0 Å². The molecule has 0 saturated carbocycles. The lowest BCUT2D eigenvalue weighted by Gasteiger charge is -2.20. The van der Waals surface area contributed by atoms with E-state index < -0.39 is 0 Å². The monoisotopic (exact) mass is 262 g/mol. The number of nitrogens with one attached hydrogen (secondary N) is 1. The van der Waals surface area contributed by atoms with Crippen molar-refractivity contribution in [1.82, 2.24) is 4.90 Å². The average Bonchev–Trinajstić information content (AvgIpc) is 2.38. The molecule has 0 unspecified atom stereocenters. The van der Waals surface area contributed by atoms with E-state index in [0.29, 0.717) is 6.04 Å². The third-order valence-corrected chi connectivity index (χ3v) is 3.44. The maximum absolute atomic E-state index is 11.1. The van der Waals surface area contributed by atoms with Gasteiger partial charge in [0.25, 0.3) is 0 Å². The third kappa shape index (κ3) is 5.88. The van der Waals surface area contributed by atoms with Crippen LogP contribution in [0, 0.1) is 0 Å². The minimum Gasteiger partial charge on any atom is -0.385 e. The summed E-state index contributed by atoms with van der Waals surface area (Å²) in [5.41, 5.74) is 1.85. The molecule has 0 aliphatic carbocycles. The molecular weight excluding hydrogens is 236 g/mol. The summed E-state index contributed by atoms with van der Waals surface area (Å²) in [4.78, 5) is 13.5. The minimum atomic E-state index is 0.114. The second-order valence-electron chi connectivity index (χ2n) is 5.34. The van der Waals surface area contributed by atoms with Crippen molar-refractivity contribution in [2.75, 3.05) is 25.5 Å². The molecule has 106 valence electrons. The number of carbonyl (C=O) groups is 1. The van der Waals surface area contributed by atoms with Crippen LogP contribution in [0.3, 0.4) is 0 Å². The Morgan fingerprint density at radius 2 is 1.84 bits per heavy atom. The zero-order chi connectivity index (χ0) is 14.3. The quantitative estimate of drug-likeness (QED) is 0.575. The van der Waals surface area contributed by atoms with Crippen molar-refractivity contribution >= 4 is 11.5 Å². The van der Waals surface area contributed by atoms with Gasteiger partial charge in [0.1, 0.15) is 0 Å². The minimum absolute atomic E-state index is 0.114. The number of Topliss-reactive ketones (excluding diaryl/α,β-unsaturated/α-hetero) is 1. The van der Waals surface area contributed by atoms with E-state index in [9.17, 15) is 4.79 Å². The SMILES string of the molecule is CC(=O)c1ccc(NCCCCN(C)C(C)C)cc1. The van der Waals surface area contributed by atoms with Crippen LogP contribution in [0.25, 0.3) is 0 Å². The van der Waals surface area contributed by atoms with Crippen molar-refractivity contribution in [2.24, 2.45) is 0 Å². The molecule has 0 fully saturated rings. The number of ketones is 1. The van der Waals surface area contributed by atoms with Crippen molar-refractivity contribution in [2.45, 2.75) is 39.7 Å². The fourth-order valence-corrected chi connectivity index (χ4v) is 1.80. The highest BCUT2D eigenvalue weighted by Gasteiger charge is 2.02. The van der Waals surface area contributed by atoms with Crippen LogP contribution in [-0.2, 0) is 0 Å². The second kappa shape index (κ2) is 7.95. The van der Waals surface area contributed by atoms with E-state index in [2.05, 4.69) is 31.1 Å². The molecule has 3 nitrogen and oxygen atoms in total. The highest BCUT2D eigenvalue weighted by molar-refractivity contribution is 5.94. The lowest BCUT2D eigenvalue weighted by atomic mass is 10.1. The lowest BCUT2D eigenvalue weighted by molar-refractivity contribution is 0.101. The van der Waals surface area contributed by atoms with Crippen molar-refractivity contribution in [3.8, 4) is 0 Å². The first-order chi connectivity index (χ1) is 9.00.